The Morgan fingerprint density at radius 1 is 1.20 bits per heavy atom. The van der Waals surface area contributed by atoms with Gasteiger partial charge in [-0.3, -0.25) is 4.79 Å². The Morgan fingerprint density at radius 3 is 2.45 bits per heavy atom. The van der Waals surface area contributed by atoms with Crippen molar-refractivity contribution in [2.75, 3.05) is 13.1 Å². The van der Waals surface area contributed by atoms with Crippen LogP contribution in [0.25, 0.3) is 0 Å². The first-order valence-corrected chi connectivity index (χ1v) is 7.59. The zero-order valence-corrected chi connectivity index (χ0v) is 13.1. The van der Waals surface area contributed by atoms with Crippen LogP contribution in [0.4, 0.5) is 0 Å². The van der Waals surface area contributed by atoms with Crippen LogP contribution in [0.15, 0.2) is 11.1 Å². The summed E-state index contributed by atoms with van der Waals surface area (Å²) < 4.78 is 5.47. The lowest BCUT2D eigenvalue weighted by molar-refractivity contribution is -0.160. The smallest absolute Gasteiger partial charge is 0.309 e. The van der Waals surface area contributed by atoms with E-state index in [1.165, 1.54) is 5.57 Å². The monoisotopic (exact) mass is 283 g/mol. The van der Waals surface area contributed by atoms with Gasteiger partial charge in [0.05, 0.1) is 5.92 Å². The van der Waals surface area contributed by atoms with Crippen molar-refractivity contribution >= 4 is 5.97 Å². The number of carbonyl (C=O) groups is 1. The third kappa shape index (κ3) is 5.66. The van der Waals surface area contributed by atoms with Crippen LogP contribution in [0.5, 0.6) is 0 Å². The molecule has 1 N–H and O–H groups in total. The summed E-state index contributed by atoms with van der Waals surface area (Å²) in [6.45, 7) is 11.9. The van der Waals surface area contributed by atoms with E-state index in [1.54, 1.807) is 5.57 Å². The molecule has 0 amide bonds. The normalized spacial score (nSPS) is 21.9. The molecule has 3 heteroatoms. The fourth-order valence-corrected chi connectivity index (χ4v) is 2.63. The van der Waals surface area contributed by atoms with Gasteiger partial charge in [0.2, 0.25) is 0 Å². The Labute approximate surface area is 125 Å². The molecule has 0 aromatic heterocycles. The fraction of sp³-hybridized carbons (Fsp3) is 0.824. The van der Waals surface area contributed by atoms with E-state index in [0.29, 0.717) is 0 Å². The highest BCUT2D eigenvalue weighted by atomic mass is 16.6. The van der Waals surface area contributed by atoms with E-state index in [1.807, 2.05) is 34.6 Å². The topological polar surface area (TPSA) is 38.3 Å². The number of rotatable bonds is 1. The van der Waals surface area contributed by atoms with Gasteiger partial charge in [-0.2, -0.15) is 0 Å². The van der Waals surface area contributed by atoms with E-state index >= 15 is 0 Å². The average Bonchev–Trinajstić information content (AvgIpc) is 2.38. The molecule has 0 saturated carbocycles. The van der Waals surface area contributed by atoms with Crippen molar-refractivity contribution < 1.29 is 9.53 Å². The second-order valence-electron chi connectivity index (χ2n) is 6.11. The molecular weight excluding hydrogens is 250 g/mol. The number of nitrogens with one attached hydrogen (secondary N) is 1. The summed E-state index contributed by atoms with van der Waals surface area (Å²) in [7, 11) is 0. The van der Waals surface area contributed by atoms with Gasteiger partial charge < -0.3 is 10.1 Å². The van der Waals surface area contributed by atoms with Crippen LogP contribution in [-0.2, 0) is 9.53 Å². The summed E-state index contributed by atoms with van der Waals surface area (Å²) in [6, 6.07) is 0. The van der Waals surface area contributed by atoms with Gasteiger partial charge in [0, 0.05) is 6.54 Å². The average molecular weight is 283 g/mol. The Morgan fingerprint density at radius 2 is 1.85 bits per heavy atom. The second-order valence-corrected chi connectivity index (χ2v) is 6.11. The van der Waals surface area contributed by atoms with Crippen LogP contribution in [-0.4, -0.2) is 24.7 Å². The molecule has 0 radical (unpaired) electrons. The Balaban J connectivity index is 0.00000115. The SMILES string of the molecule is C.CC.CC(C)(C)OC(=O)C1CCC2=C(CNCC2)C1. The third-order valence-corrected chi connectivity index (χ3v) is 3.47. The molecule has 0 bridgehead atoms. The number of hydrogen-bond acceptors (Lipinski definition) is 3. The molecule has 0 saturated heterocycles. The summed E-state index contributed by atoms with van der Waals surface area (Å²) in [5.41, 5.74) is 2.68. The minimum atomic E-state index is -0.365. The van der Waals surface area contributed by atoms with Gasteiger partial charge >= 0.3 is 5.97 Å². The molecule has 1 unspecified atom stereocenters. The maximum Gasteiger partial charge on any atom is 0.309 e. The quantitative estimate of drug-likeness (QED) is 0.582. The first-order chi connectivity index (χ1) is 8.96. The second kappa shape index (κ2) is 8.46. The van der Waals surface area contributed by atoms with Gasteiger partial charge in [-0.05, 0) is 53.0 Å². The van der Waals surface area contributed by atoms with Gasteiger partial charge in [0.15, 0.2) is 0 Å². The lowest BCUT2D eigenvalue weighted by Crippen LogP contribution is -2.34. The van der Waals surface area contributed by atoms with Crippen molar-refractivity contribution in [2.24, 2.45) is 5.92 Å². The minimum Gasteiger partial charge on any atom is -0.460 e. The van der Waals surface area contributed by atoms with E-state index in [9.17, 15) is 4.79 Å². The molecule has 0 fully saturated rings. The van der Waals surface area contributed by atoms with E-state index < -0.39 is 0 Å². The molecule has 0 aromatic carbocycles. The van der Waals surface area contributed by atoms with Crippen LogP contribution >= 0.6 is 0 Å². The molecule has 3 nitrogen and oxygen atoms in total. The van der Waals surface area contributed by atoms with Crippen molar-refractivity contribution in [3.63, 3.8) is 0 Å². The zero-order chi connectivity index (χ0) is 14.5. The molecule has 2 aliphatic rings. The van der Waals surface area contributed by atoms with Gasteiger partial charge in [-0.25, -0.2) is 0 Å². The molecule has 1 aliphatic carbocycles. The summed E-state index contributed by atoms with van der Waals surface area (Å²) in [5, 5.41) is 3.38. The van der Waals surface area contributed by atoms with Crippen LogP contribution in [0, 0.1) is 5.92 Å². The molecule has 1 atom stereocenters. The largest absolute Gasteiger partial charge is 0.460 e. The lowest BCUT2D eigenvalue weighted by Gasteiger charge is -2.31. The Hall–Kier alpha value is -0.830. The minimum absolute atomic E-state index is 0. The van der Waals surface area contributed by atoms with Gasteiger partial charge in [-0.1, -0.05) is 32.4 Å². The maximum absolute atomic E-state index is 12.0. The molecule has 20 heavy (non-hydrogen) atoms. The van der Waals surface area contributed by atoms with Crippen molar-refractivity contribution in [3.8, 4) is 0 Å². The highest BCUT2D eigenvalue weighted by molar-refractivity contribution is 5.73. The summed E-state index contributed by atoms with van der Waals surface area (Å²) >= 11 is 0. The van der Waals surface area contributed by atoms with Crippen molar-refractivity contribution in [3.05, 3.63) is 11.1 Å². The Bertz CT molecular complexity index is 339. The van der Waals surface area contributed by atoms with Crippen molar-refractivity contribution in [2.45, 2.75) is 73.3 Å². The first kappa shape index (κ1) is 19.2. The predicted octanol–water partition coefficient (Wildman–Crippen LogP) is 4.08. The van der Waals surface area contributed by atoms with E-state index in [0.717, 1.165) is 38.8 Å². The third-order valence-electron chi connectivity index (χ3n) is 3.47. The standard InChI is InChI=1S/C14H23NO2.C2H6.CH4/c1-14(2,3)17-13(16)11-5-4-10-6-7-15-9-12(10)8-11;1-2;/h11,15H,4-9H2,1-3H3;1-2H3;1H4. The summed E-state index contributed by atoms with van der Waals surface area (Å²) in [5.74, 6) is 0.0579. The Kier molecular flexibility index (Phi) is 8.10. The van der Waals surface area contributed by atoms with Gasteiger partial charge in [0.1, 0.15) is 5.60 Å². The highest BCUT2D eigenvalue weighted by Gasteiger charge is 2.30. The first-order valence-electron chi connectivity index (χ1n) is 7.59. The van der Waals surface area contributed by atoms with Crippen LogP contribution in [0.3, 0.4) is 0 Å². The van der Waals surface area contributed by atoms with Crippen molar-refractivity contribution in [1.29, 1.82) is 0 Å². The maximum atomic E-state index is 12.0. The number of carbonyl (C=O) groups excluding carboxylic acids is 1. The van der Waals surface area contributed by atoms with E-state index in [2.05, 4.69) is 5.32 Å². The molecular formula is C17H33NO2. The van der Waals surface area contributed by atoms with Crippen molar-refractivity contribution in [1.82, 2.24) is 5.32 Å². The van der Waals surface area contributed by atoms with E-state index in [-0.39, 0.29) is 24.9 Å². The lowest BCUT2D eigenvalue weighted by atomic mass is 9.81. The number of ether oxygens (including phenoxy) is 1. The fourth-order valence-electron chi connectivity index (χ4n) is 2.63. The summed E-state index contributed by atoms with van der Waals surface area (Å²) in [6.07, 6.45) is 4.11. The molecule has 1 aliphatic heterocycles. The van der Waals surface area contributed by atoms with Crippen LogP contribution in [0.1, 0.15) is 67.7 Å². The predicted molar refractivity (Wildman–Crippen MR) is 85.8 cm³/mol. The molecule has 2 rings (SSSR count). The molecule has 1 heterocycles. The number of hydrogen-bond donors (Lipinski definition) is 1. The highest BCUT2D eigenvalue weighted by Crippen LogP contribution is 2.33. The zero-order valence-electron chi connectivity index (χ0n) is 13.1. The van der Waals surface area contributed by atoms with Gasteiger partial charge in [0.25, 0.3) is 0 Å². The number of esters is 1. The van der Waals surface area contributed by atoms with Crippen LogP contribution < -0.4 is 5.32 Å². The van der Waals surface area contributed by atoms with Crippen LogP contribution in [0.2, 0.25) is 0 Å². The molecule has 0 aromatic rings. The summed E-state index contributed by atoms with van der Waals surface area (Å²) in [4.78, 5) is 12.0. The van der Waals surface area contributed by atoms with E-state index in [4.69, 9.17) is 4.74 Å². The molecule has 0 spiro atoms. The molecule has 118 valence electrons. The van der Waals surface area contributed by atoms with Gasteiger partial charge in [-0.15, -0.1) is 0 Å².